The molecule has 0 saturated heterocycles. The molecule has 0 radical (unpaired) electrons. The second kappa shape index (κ2) is 8.52. The number of nitrogens with zero attached hydrogens (tertiary/aromatic N) is 4. The smallest absolute Gasteiger partial charge is 0.332 e. The van der Waals surface area contributed by atoms with Crippen LogP contribution in [0.1, 0.15) is 29.8 Å². The summed E-state index contributed by atoms with van der Waals surface area (Å²) in [5, 5.41) is 3.26. The summed E-state index contributed by atoms with van der Waals surface area (Å²) >= 11 is 0. The first-order valence-electron chi connectivity index (χ1n) is 9.91. The van der Waals surface area contributed by atoms with Gasteiger partial charge in [0, 0.05) is 45.6 Å². The Morgan fingerprint density at radius 3 is 2.47 bits per heavy atom. The van der Waals surface area contributed by atoms with E-state index in [1.54, 1.807) is 7.05 Å². The zero-order valence-electron chi connectivity index (χ0n) is 18.0. The van der Waals surface area contributed by atoms with Crippen molar-refractivity contribution in [1.29, 1.82) is 0 Å². The highest BCUT2D eigenvalue weighted by molar-refractivity contribution is 5.99. The highest BCUT2D eigenvalue weighted by Crippen LogP contribution is 2.18. The van der Waals surface area contributed by atoms with Crippen LogP contribution in [0.3, 0.4) is 0 Å². The first kappa shape index (κ1) is 21.3. The molecule has 0 aliphatic carbocycles. The Balaban J connectivity index is 1.90. The second-order valence-electron chi connectivity index (χ2n) is 7.41. The van der Waals surface area contributed by atoms with Gasteiger partial charge in [0.05, 0.1) is 10.9 Å². The largest absolute Gasteiger partial charge is 0.370 e. The quantitative estimate of drug-likeness (QED) is 0.666. The third-order valence-corrected chi connectivity index (χ3v) is 5.56. The van der Waals surface area contributed by atoms with Crippen LogP contribution in [-0.2, 0) is 20.5 Å². The molecule has 1 N–H and O–H groups in total. The van der Waals surface area contributed by atoms with E-state index in [0.717, 1.165) is 10.3 Å². The Labute approximate surface area is 174 Å². The van der Waals surface area contributed by atoms with Gasteiger partial charge in [-0.2, -0.15) is 0 Å². The molecular weight excluding hydrogens is 382 g/mol. The lowest BCUT2D eigenvalue weighted by atomic mass is 10.0. The fraction of sp³-hybridized carbons (Fsp3) is 0.364. The molecule has 0 bridgehead atoms. The van der Waals surface area contributed by atoms with Crippen LogP contribution in [0.2, 0.25) is 0 Å². The van der Waals surface area contributed by atoms with Gasteiger partial charge in [-0.1, -0.05) is 25.1 Å². The van der Waals surface area contributed by atoms with Gasteiger partial charge >= 0.3 is 5.69 Å². The molecule has 3 aromatic rings. The lowest BCUT2D eigenvalue weighted by Gasteiger charge is -2.27. The fourth-order valence-electron chi connectivity index (χ4n) is 3.54. The second-order valence-corrected chi connectivity index (χ2v) is 7.41. The van der Waals surface area contributed by atoms with Crippen molar-refractivity contribution in [3.05, 3.63) is 68.5 Å². The summed E-state index contributed by atoms with van der Waals surface area (Å²) in [5.41, 5.74) is 1.41. The number of carbonyl (C=O) groups is 1. The van der Waals surface area contributed by atoms with Crippen molar-refractivity contribution >= 4 is 22.6 Å². The Bertz CT molecular complexity index is 1200. The predicted molar refractivity (Wildman–Crippen MR) is 118 cm³/mol. The summed E-state index contributed by atoms with van der Waals surface area (Å²) in [6.45, 7) is 4.33. The number of pyridine rings is 1. The Morgan fingerprint density at radius 1 is 1.17 bits per heavy atom. The molecule has 2 aromatic heterocycles. The van der Waals surface area contributed by atoms with E-state index in [1.807, 2.05) is 51.2 Å². The van der Waals surface area contributed by atoms with Crippen molar-refractivity contribution in [2.75, 3.05) is 18.5 Å². The highest BCUT2D eigenvalue weighted by Gasteiger charge is 2.20. The average Bonchev–Trinajstić information content (AvgIpc) is 2.78. The van der Waals surface area contributed by atoms with Crippen LogP contribution in [0.5, 0.6) is 0 Å². The van der Waals surface area contributed by atoms with Crippen molar-refractivity contribution in [2.45, 2.75) is 26.3 Å². The number of aromatic nitrogens is 3. The molecule has 0 unspecified atom stereocenters. The first-order valence-corrected chi connectivity index (χ1v) is 9.91. The molecule has 0 aliphatic heterocycles. The van der Waals surface area contributed by atoms with Crippen molar-refractivity contribution in [1.82, 2.24) is 19.4 Å². The van der Waals surface area contributed by atoms with E-state index in [0.29, 0.717) is 29.5 Å². The average molecular weight is 409 g/mol. The third-order valence-electron chi connectivity index (χ3n) is 5.56. The van der Waals surface area contributed by atoms with Gasteiger partial charge in [-0.25, -0.2) is 9.78 Å². The predicted octanol–water partition coefficient (Wildman–Crippen LogP) is 1.45. The molecular formula is C22H27N5O3. The van der Waals surface area contributed by atoms with E-state index in [-0.39, 0.29) is 17.6 Å². The molecule has 0 aliphatic rings. The standard InChI is InChI=1S/C22H27N5O3/c1-6-16-17(13-23-19-18(16)21(29)27(5)22(30)26(19)4)20(28)24-12-14(2)25(3)15-10-8-7-9-11-15/h7-11,13-14H,6,12H2,1-5H3,(H,24,28)/t14-/m0/s1. The van der Waals surface area contributed by atoms with Crippen LogP contribution in [0.15, 0.2) is 46.1 Å². The van der Waals surface area contributed by atoms with Crippen LogP contribution in [0, 0.1) is 0 Å². The molecule has 3 rings (SSSR count). The van der Waals surface area contributed by atoms with E-state index in [2.05, 4.69) is 15.2 Å². The van der Waals surface area contributed by atoms with Crippen LogP contribution in [0.4, 0.5) is 5.69 Å². The molecule has 8 heteroatoms. The number of para-hydroxylation sites is 1. The van der Waals surface area contributed by atoms with Crippen LogP contribution in [0.25, 0.3) is 11.0 Å². The topological polar surface area (TPSA) is 89.2 Å². The van der Waals surface area contributed by atoms with Gasteiger partial charge in [0.15, 0.2) is 0 Å². The molecule has 158 valence electrons. The summed E-state index contributed by atoms with van der Waals surface area (Å²) in [6, 6.07) is 9.99. The maximum Gasteiger partial charge on any atom is 0.332 e. The maximum atomic E-state index is 12.9. The summed E-state index contributed by atoms with van der Waals surface area (Å²) < 4.78 is 2.37. The van der Waals surface area contributed by atoms with Gasteiger partial charge in [0.1, 0.15) is 5.65 Å². The number of nitrogens with one attached hydrogen (secondary N) is 1. The van der Waals surface area contributed by atoms with Gasteiger partial charge < -0.3 is 10.2 Å². The molecule has 1 aromatic carbocycles. The van der Waals surface area contributed by atoms with Crippen LogP contribution >= 0.6 is 0 Å². The zero-order valence-corrected chi connectivity index (χ0v) is 18.0. The number of benzene rings is 1. The van der Waals surface area contributed by atoms with Crippen molar-refractivity contribution in [3.8, 4) is 0 Å². The molecule has 1 atom stereocenters. The number of hydrogen-bond donors (Lipinski definition) is 1. The van der Waals surface area contributed by atoms with Crippen LogP contribution in [-0.4, -0.2) is 39.7 Å². The number of likely N-dealkylation sites (N-methyl/N-ethyl adjacent to an activating group) is 1. The van der Waals surface area contributed by atoms with Crippen molar-refractivity contribution in [3.63, 3.8) is 0 Å². The monoisotopic (exact) mass is 409 g/mol. The minimum absolute atomic E-state index is 0.0588. The van der Waals surface area contributed by atoms with Crippen LogP contribution < -0.4 is 21.5 Å². The Kier molecular flexibility index (Phi) is 6.05. The van der Waals surface area contributed by atoms with E-state index in [4.69, 9.17) is 0 Å². The van der Waals surface area contributed by atoms with E-state index in [1.165, 1.54) is 17.8 Å². The van der Waals surface area contributed by atoms with Crippen molar-refractivity contribution < 1.29 is 4.79 Å². The number of hydrogen-bond acceptors (Lipinski definition) is 5. The summed E-state index contributed by atoms with van der Waals surface area (Å²) in [5.74, 6) is -0.287. The van der Waals surface area contributed by atoms with Gasteiger partial charge in [-0.3, -0.25) is 18.7 Å². The van der Waals surface area contributed by atoms with E-state index in [9.17, 15) is 14.4 Å². The minimum atomic E-state index is -0.447. The van der Waals surface area contributed by atoms with E-state index >= 15 is 0 Å². The Morgan fingerprint density at radius 2 is 1.83 bits per heavy atom. The summed E-state index contributed by atoms with van der Waals surface area (Å²) in [6.07, 6.45) is 1.91. The van der Waals surface area contributed by atoms with Gasteiger partial charge in [-0.15, -0.1) is 0 Å². The SMILES string of the molecule is CCc1c(C(=O)NC[C@H](C)N(C)c2ccccc2)cnc2c1c(=O)n(C)c(=O)n2C. The number of carbonyl (C=O) groups excluding carboxylic acids is 1. The first-order chi connectivity index (χ1) is 14.3. The number of fused-ring (bicyclic) bond motifs is 1. The lowest BCUT2D eigenvalue weighted by Crippen LogP contribution is -2.41. The molecule has 30 heavy (non-hydrogen) atoms. The molecule has 0 spiro atoms. The van der Waals surface area contributed by atoms with E-state index < -0.39 is 11.2 Å². The number of anilines is 1. The number of rotatable bonds is 6. The molecule has 0 saturated carbocycles. The summed E-state index contributed by atoms with van der Waals surface area (Å²) in [7, 11) is 4.97. The zero-order chi connectivity index (χ0) is 22.0. The molecule has 0 fully saturated rings. The molecule has 1 amide bonds. The minimum Gasteiger partial charge on any atom is -0.370 e. The normalized spacial score (nSPS) is 12.0. The molecule has 8 nitrogen and oxygen atoms in total. The lowest BCUT2D eigenvalue weighted by molar-refractivity contribution is 0.0950. The third kappa shape index (κ3) is 3.72. The Hall–Kier alpha value is -3.42. The van der Waals surface area contributed by atoms with Crippen molar-refractivity contribution in [2.24, 2.45) is 14.1 Å². The maximum absolute atomic E-state index is 12.9. The van der Waals surface area contributed by atoms with Gasteiger partial charge in [0.25, 0.3) is 11.5 Å². The fourth-order valence-corrected chi connectivity index (χ4v) is 3.54. The molecule has 2 heterocycles. The number of amides is 1. The van der Waals surface area contributed by atoms with Gasteiger partial charge in [0.2, 0.25) is 0 Å². The highest BCUT2D eigenvalue weighted by atomic mass is 16.2. The summed E-state index contributed by atoms with van der Waals surface area (Å²) in [4.78, 5) is 44.2. The number of aryl methyl sites for hydroxylation is 2. The van der Waals surface area contributed by atoms with Gasteiger partial charge in [-0.05, 0) is 31.0 Å².